The van der Waals surface area contributed by atoms with Crippen molar-refractivity contribution in [1.82, 2.24) is 5.32 Å². The average Bonchev–Trinajstić information content (AvgIpc) is 2.62. The molecule has 5 nitrogen and oxygen atoms in total. The first kappa shape index (κ1) is 17.6. The van der Waals surface area contributed by atoms with E-state index in [4.69, 9.17) is 9.47 Å². The van der Waals surface area contributed by atoms with Gasteiger partial charge in [-0.25, -0.2) is 4.39 Å². The predicted molar refractivity (Wildman–Crippen MR) is 94.6 cm³/mol. The van der Waals surface area contributed by atoms with E-state index in [2.05, 4.69) is 15.6 Å². The van der Waals surface area contributed by atoms with Crippen LogP contribution in [-0.2, 0) is 6.42 Å². The molecule has 0 bridgehead atoms. The zero-order chi connectivity index (χ0) is 17.4. The highest BCUT2D eigenvalue weighted by molar-refractivity contribution is 5.93. The number of hydrogen-bond acceptors (Lipinski definition) is 3. The second-order valence-corrected chi connectivity index (χ2v) is 5.04. The SMILES string of the molecule is CN=C(NCCc1ccccc1F)Nc1ccc(OC)c(OC)c1. The molecule has 128 valence electrons. The summed E-state index contributed by atoms with van der Waals surface area (Å²) in [5, 5.41) is 6.33. The average molecular weight is 331 g/mol. The van der Waals surface area contributed by atoms with Crippen molar-refractivity contribution < 1.29 is 13.9 Å². The normalized spacial score (nSPS) is 11.1. The van der Waals surface area contributed by atoms with Gasteiger partial charge in [-0.05, 0) is 30.2 Å². The fourth-order valence-corrected chi connectivity index (χ4v) is 2.25. The third-order valence-electron chi connectivity index (χ3n) is 3.51. The van der Waals surface area contributed by atoms with E-state index in [9.17, 15) is 4.39 Å². The van der Waals surface area contributed by atoms with Gasteiger partial charge in [-0.3, -0.25) is 4.99 Å². The topological polar surface area (TPSA) is 54.9 Å². The lowest BCUT2D eigenvalue weighted by atomic mass is 10.1. The Labute approximate surface area is 141 Å². The monoisotopic (exact) mass is 331 g/mol. The van der Waals surface area contributed by atoms with Crippen LogP contribution in [0.3, 0.4) is 0 Å². The van der Waals surface area contributed by atoms with Gasteiger partial charge in [-0.2, -0.15) is 0 Å². The molecular formula is C18H22FN3O2. The molecule has 0 aliphatic carbocycles. The lowest BCUT2D eigenvalue weighted by Crippen LogP contribution is -2.32. The summed E-state index contributed by atoms with van der Waals surface area (Å²) in [5.74, 6) is 1.69. The maximum atomic E-state index is 13.6. The van der Waals surface area contributed by atoms with Crippen molar-refractivity contribution >= 4 is 11.6 Å². The summed E-state index contributed by atoms with van der Waals surface area (Å²) < 4.78 is 24.1. The summed E-state index contributed by atoms with van der Waals surface area (Å²) in [6.45, 7) is 0.563. The number of halogens is 1. The molecule has 0 spiro atoms. The van der Waals surface area contributed by atoms with Crippen LogP contribution in [0.25, 0.3) is 0 Å². The number of aliphatic imine (C=N–C) groups is 1. The van der Waals surface area contributed by atoms with Gasteiger partial charge < -0.3 is 20.1 Å². The number of nitrogens with one attached hydrogen (secondary N) is 2. The number of rotatable bonds is 6. The van der Waals surface area contributed by atoms with Crippen LogP contribution in [0.5, 0.6) is 11.5 Å². The predicted octanol–water partition coefficient (Wildman–Crippen LogP) is 3.07. The van der Waals surface area contributed by atoms with Crippen molar-refractivity contribution in [2.24, 2.45) is 4.99 Å². The Morgan fingerprint density at radius 2 is 1.83 bits per heavy atom. The first-order valence-electron chi connectivity index (χ1n) is 7.61. The van der Waals surface area contributed by atoms with Gasteiger partial charge >= 0.3 is 0 Å². The van der Waals surface area contributed by atoms with Gasteiger partial charge in [0, 0.05) is 25.3 Å². The molecule has 0 aliphatic heterocycles. The smallest absolute Gasteiger partial charge is 0.195 e. The van der Waals surface area contributed by atoms with Crippen LogP contribution in [-0.4, -0.2) is 33.8 Å². The van der Waals surface area contributed by atoms with E-state index < -0.39 is 0 Å². The van der Waals surface area contributed by atoms with Crippen LogP contribution >= 0.6 is 0 Å². The Bertz CT molecular complexity index is 704. The quantitative estimate of drug-likeness (QED) is 0.631. The highest BCUT2D eigenvalue weighted by Crippen LogP contribution is 2.29. The molecule has 0 heterocycles. The third kappa shape index (κ3) is 4.62. The molecule has 0 unspecified atom stereocenters. The zero-order valence-electron chi connectivity index (χ0n) is 14.1. The number of ether oxygens (including phenoxy) is 2. The second-order valence-electron chi connectivity index (χ2n) is 5.04. The fourth-order valence-electron chi connectivity index (χ4n) is 2.25. The molecule has 0 atom stereocenters. The van der Waals surface area contributed by atoms with Gasteiger partial charge in [0.25, 0.3) is 0 Å². The number of hydrogen-bond donors (Lipinski definition) is 2. The molecule has 0 saturated heterocycles. The Hall–Kier alpha value is -2.76. The van der Waals surface area contributed by atoms with Gasteiger partial charge in [-0.15, -0.1) is 0 Å². The number of methoxy groups -OCH3 is 2. The Balaban J connectivity index is 1.94. The summed E-state index contributed by atoms with van der Waals surface area (Å²) in [6.07, 6.45) is 0.569. The summed E-state index contributed by atoms with van der Waals surface area (Å²) in [4.78, 5) is 4.16. The van der Waals surface area contributed by atoms with Gasteiger partial charge in [0.1, 0.15) is 5.82 Å². The number of guanidine groups is 1. The zero-order valence-corrected chi connectivity index (χ0v) is 14.1. The molecule has 2 rings (SSSR count). The van der Waals surface area contributed by atoms with Crippen LogP contribution in [0.1, 0.15) is 5.56 Å². The van der Waals surface area contributed by atoms with E-state index >= 15 is 0 Å². The number of anilines is 1. The van der Waals surface area contributed by atoms with E-state index in [1.54, 1.807) is 33.4 Å². The number of nitrogens with zero attached hydrogens (tertiary/aromatic N) is 1. The van der Waals surface area contributed by atoms with E-state index in [0.29, 0.717) is 36.0 Å². The van der Waals surface area contributed by atoms with E-state index in [0.717, 1.165) is 5.69 Å². The van der Waals surface area contributed by atoms with Crippen molar-refractivity contribution in [2.45, 2.75) is 6.42 Å². The summed E-state index contributed by atoms with van der Waals surface area (Å²) in [7, 11) is 4.86. The molecule has 0 saturated carbocycles. The van der Waals surface area contributed by atoms with Crippen LogP contribution in [0, 0.1) is 5.82 Å². The highest BCUT2D eigenvalue weighted by atomic mass is 19.1. The molecule has 2 N–H and O–H groups in total. The molecule has 6 heteroatoms. The maximum Gasteiger partial charge on any atom is 0.195 e. The van der Waals surface area contributed by atoms with Crippen molar-refractivity contribution in [1.29, 1.82) is 0 Å². The number of benzene rings is 2. The Kier molecular flexibility index (Phi) is 6.42. The molecule has 0 fully saturated rings. The van der Waals surface area contributed by atoms with Crippen LogP contribution in [0.2, 0.25) is 0 Å². The standard InChI is InChI=1S/C18H22FN3O2/c1-20-18(21-11-10-13-6-4-5-7-15(13)19)22-14-8-9-16(23-2)17(12-14)24-3/h4-9,12H,10-11H2,1-3H3,(H2,20,21,22). The minimum Gasteiger partial charge on any atom is -0.493 e. The van der Waals surface area contributed by atoms with Crippen molar-refractivity contribution in [3.8, 4) is 11.5 Å². The molecule has 24 heavy (non-hydrogen) atoms. The van der Waals surface area contributed by atoms with Gasteiger partial charge in [0.2, 0.25) is 0 Å². The molecule has 2 aromatic rings. The van der Waals surface area contributed by atoms with E-state index in [-0.39, 0.29) is 5.82 Å². The minimum atomic E-state index is -0.192. The highest BCUT2D eigenvalue weighted by Gasteiger charge is 2.06. The Morgan fingerprint density at radius 3 is 2.50 bits per heavy atom. The van der Waals surface area contributed by atoms with Gasteiger partial charge in [0.15, 0.2) is 17.5 Å². The van der Waals surface area contributed by atoms with Crippen molar-refractivity contribution in [2.75, 3.05) is 33.1 Å². The first-order valence-corrected chi connectivity index (χ1v) is 7.61. The van der Waals surface area contributed by atoms with E-state index in [1.165, 1.54) is 6.07 Å². The van der Waals surface area contributed by atoms with Gasteiger partial charge in [0.05, 0.1) is 14.2 Å². The summed E-state index contributed by atoms with van der Waals surface area (Å²) in [6, 6.07) is 12.3. The lowest BCUT2D eigenvalue weighted by Gasteiger charge is -2.14. The molecule has 2 aromatic carbocycles. The maximum absolute atomic E-state index is 13.6. The second kappa shape index (κ2) is 8.76. The van der Waals surface area contributed by atoms with Crippen LogP contribution in [0.4, 0.5) is 10.1 Å². The first-order chi connectivity index (χ1) is 11.7. The fraction of sp³-hybridized carbons (Fsp3) is 0.278. The van der Waals surface area contributed by atoms with Crippen LogP contribution in [0.15, 0.2) is 47.5 Å². The molecule has 0 amide bonds. The minimum absolute atomic E-state index is 0.192. The molecular weight excluding hydrogens is 309 g/mol. The molecule has 0 aromatic heterocycles. The van der Waals surface area contributed by atoms with E-state index in [1.807, 2.05) is 24.3 Å². The third-order valence-corrected chi connectivity index (χ3v) is 3.51. The molecule has 0 aliphatic rings. The van der Waals surface area contributed by atoms with Gasteiger partial charge in [-0.1, -0.05) is 18.2 Å². The van der Waals surface area contributed by atoms with Crippen LogP contribution < -0.4 is 20.1 Å². The summed E-state index contributed by atoms with van der Waals surface area (Å²) >= 11 is 0. The Morgan fingerprint density at radius 1 is 1.08 bits per heavy atom. The lowest BCUT2D eigenvalue weighted by molar-refractivity contribution is 0.355. The molecule has 0 radical (unpaired) electrons. The summed E-state index contributed by atoms with van der Waals surface area (Å²) in [5.41, 5.74) is 1.48. The van der Waals surface area contributed by atoms with Crippen molar-refractivity contribution in [3.05, 3.63) is 53.8 Å². The van der Waals surface area contributed by atoms with Crippen molar-refractivity contribution in [3.63, 3.8) is 0 Å². The largest absolute Gasteiger partial charge is 0.493 e.